The maximum absolute atomic E-state index is 8.03. The molecule has 0 radical (unpaired) electrons. The third-order valence-corrected chi connectivity index (χ3v) is 5.11. The van der Waals surface area contributed by atoms with E-state index in [1.165, 1.54) is 4.57 Å². The highest BCUT2D eigenvalue weighted by atomic mass is 32.1. The Hall–Kier alpha value is -2.20. The van der Waals surface area contributed by atoms with Crippen molar-refractivity contribution in [2.24, 2.45) is 6.98 Å². The van der Waals surface area contributed by atoms with Crippen molar-refractivity contribution >= 4 is 31.8 Å². The van der Waals surface area contributed by atoms with Gasteiger partial charge in [0, 0.05) is 28.0 Å². The molecule has 3 nitrogen and oxygen atoms in total. The first kappa shape index (κ1) is 8.17. The Morgan fingerprint density at radius 2 is 2.30 bits per heavy atom. The predicted molar refractivity (Wildman–Crippen MR) is 80.8 cm³/mol. The number of aromatic nitrogens is 3. The van der Waals surface area contributed by atoms with Gasteiger partial charge in [-0.15, -0.1) is 0 Å². The lowest BCUT2D eigenvalue weighted by Crippen LogP contribution is -2.28. The Kier molecular flexibility index (Phi) is 1.41. The molecule has 96 valence electrons. The molecule has 4 aromatic rings. The van der Waals surface area contributed by atoms with E-state index in [9.17, 15) is 0 Å². The molecule has 1 aromatic carbocycles. The van der Waals surface area contributed by atoms with Crippen molar-refractivity contribution in [2.75, 3.05) is 0 Å². The number of hydrogen-bond acceptors (Lipinski definition) is 2. The fourth-order valence-electron chi connectivity index (χ4n) is 3.12. The quantitative estimate of drug-likeness (QED) is 0.400. The monoisotopic (exact) mass is 281 g/mol. The fourth-order valence-corrected chi connectivity index (χ4v) is 4.24. The summed E-state index contributed by atoms with van der Waals surface area (Å²) in [4.78, 5) is 4.99. The van der Waals surface area contributed by atoms with Gasteiger partial charge in [-0.25, -0.2) is 9.13 Å². The van der Waals surface area contributed by atoms with E-state index >= 15 is 0 Å². The molecule has 5 rings (SSSR count). The summed E-state index contributed by atoms with van der Waals surface area (Å²) >= 11 is 1.54. The lowest BCUT2D eigenvalue weighted by Gasteiger charge is -1.93. The van der Waals surface area contributed by atoms with Crippen molar-refractivity contribution in [1.29, 1.82) is 0 Å². The molecule has 0 atom stereocenters. The van der Waals surface area contributed by atoms with Crippen molar-refractivity contribution in [1.82, 2.24) is 9.55 Å². The number of aryl methyl sites for hydroxylation is 1. The number of hydrogen-bond donors (Lipinski definition) is 0. The summed E-state index contributed by atoms with van der Waals surface area (Å²) in [6, 6.07) is 9.99. The molecule has 20 heavy (non-hydrogen) atoms. The van der Waals surface area contributed by atoms with Crippen molar-refractivity contribution in [2.45, 2.75) is 6.54 Å². The first-order chi connectivity index (χ1) is 11.1. The molecule has 3 aromatic heterocycles. The summed E-state index contributed by atoms with van der Waals surface area (Å²) in [5, 5.41) is 1.11. The molecule has 4 heteroatoms. The number of benzene rings is 1. The summed E-state index contributed by atoms with van der Waals surface area (Å²) in [7, 11) is 0. The van der Waals surface area contributed by atoms with Crippen LogP contribution in [0.2, 0.25) is 0 Å². The van der Waals surface area contributed by atoms with Crippen molar-refractivity contribution in [3.63, 3.8) is 0 Å². The molecule has 0 aliphatic carbocycles. The highest BCUT2D eigenvalue weighted by molar-refractivity contribution is 7.25. The molecule has 0 bridgehead atoms. The predicted octanol–water partition coefficient (Wildman–Crippen LogP) is 3.10. The summed E-state index contributed by atoms with van der Waals surface area (Å²) in [6.45, 7) is -1.55. The molecule has 0 spiro atoms. The highest BCUT2D eigenvalue weighted by Gasteiger charge is 2.34. The van der Waals surface area contributed by atoms with Crippen LogP contribution in [0.25, 0.3) is 31.8 Å². The summed E-state index contributed by atoms with van der Waals surface area (Å²) < 4.78 is 28.8. The first-order valence-corrected chi connectivity index (χ1v) is 7.27. The number of thiophene rings is 1. The van der Waals surface area contributed by atoms with Gasteiger partial charge in [0.1, 0.15) is 6.54 Å². The Labute approximate surface area is 123 Å². The molecule has 4 heterocycles. The van der Waals surface area contributed by atoms with Crippen LogP contribution in [-0.2, 0) is 13.5 Å². The first-order valence-electron chi connectivity index (χ1n) is 7.95. The molecule has 0 N–H and O–H groups in total. The van der Waals surface area contributed by atoms with E-state index in [1.54, 1.807) is 17.5 Å². The number of rotatable bonds is 0. The zero-order chi connectivity index (χ0) is 15.8. The van der Waals surface area contributed by atoms with E-state index in [4.69, 9.17) is 4.11 Å². The van der Waals surface area contributed by atoms with Crippen molar-refractivity contribution in [3.05, 3.63) is 48.3 Å². The van der Waals surface area contributed by atoms with Crippen molar-refractivity contribution in [3.8, 4) is 11.4 Å². The molecule has 1 aliphatic heterocycles. The maximum atomic E-state index is 8.03. The number of imidazole rings is 1. The second-order valence-electron chi connectivity index (χ2n) is 5.03. The second kappa shape index (κ2) is 3.46. The average Bonchev–Trinajstić information content (AvgIpc) is 3.12. The normalized spacial score (nSPS) is 15.9. The Morgan fingerprint density at radius 1 is 1.35 bits per heavy atom. The molecule has 0 saturated carbocycles. The highest BCUT2D eigenvalue weighted by Crippen LogP contribution is 2.39. The van der Waals surface area contributed by atoms with Crippen LogP contribution in [0.5, 0.6) is 0 Å². The van der Waals surface area contributed by atoms with Crippen LogP contribution in [0.4, 0.5) is 0 Å². The van der Waals surface area contributed by atoms with Gasteiger partial charge >= 0.3 is 0 Å². The van der Waals surface area contributed by atoms with Gasteiger partial charge in [0.2, 0.25) is 4.83 Å². The smallest absolute Gasteiger partial charge is 0.264 e. The Balaban J connectivity index is 2.01. The molecular weight excluding hydrogens is 266 g/mol. The topological polar surface area (TPSA) is 21.7 Å². The fraction of sp³-hybridized carbons (Fsp3) is 0.125. The third kappa shape index (κ3) is 1.11. The largest absolute Gasteiger partial charge is 0.291 e. The molecule has 1 aliphatic rings. The van der Waals surface area contributed by atoms with E-state index in [-0.39, 0.29) is 0 Å². The van der Waals surface area contributed by atoms with E-state index < -0.39 is 6.98 Å². The second-order valence-corrected chi connectivity index (χ2v) is 6.06. The summed E-state index contributed by atoms with van der Waals surface area (Å²) in [6.07, 6.45) is 3.55. The van der Waals surface area contributed by atoms with Crippen LogP contribution in [0.3, 0.4) is 0 Å². The zero-order valence-corrected chi connectivity index (χ0v) is 11.3. The van der Waals surface area contributed by atoms with Crippen molar-refractivity contribution < 1.29 is 8.68 Å². The van der Waals surface area contributed by atoms with Gasteiger partial charge in [-0.05, 0) is 18.2 Å². The lowest BCUT2D eigenvalue weighted by atomic mass is 10.2. The SMILES string of the molecule is [2H]C([2H])([2H])[n+]1c2n(c3c4ccccc4sc31)Cc1cnccc1-2. The Morgan fingerprint density at radius 3 is 3.25 bits per heavy atom. The van der Waals surface area contributed by atoms with Gasteiger partial charge in [0.15, 0.2) is 5.52 Å². The molecular formula is C16H12N3S+. The van der Waals surface area contributed by atoms with E-state index in [0.29, 0.717) is 6.54 Å². The average molecular weight is 281 g/mol. The molecule has 0 saturated heterocycles. The van der Waals surface area contributed by atoms with Crippen LogP contribution in [0.1, 0.15) is 9.68 Å². The number of fused-ring (bicyclic) bond motifs is 7. The number of pyridine rings is 1. The summed E-state index contributed by atoms with van der Waals surface area (Å²) in [5.74, 6) is 0.759. The lowest BCUT2D eigenvalue weighted by molar-refractivity contribution is -0.631. The van der Waals surface area contributed by atoms with Crippen LogP contribution in [0.15, 0.2) is 42.7 Å². The number of nitrogens with zero attached hydrogens (tertiary/aromatic N) is 3. The third-order valence-electron chi connectivity index (χ3n) is 3.96. The minimum atomic E-state index is -2.22. The van der Waals surface area contributed by atoms with Crippen LogP contribution < -0.4 is 4.57 Å². The molecule has 0 fully saturated rings. The van der Waals surface area contributed by atoms with Gasteiger partial charge in [0.05, 0.1) is 16.7 Å². The van der Waals surface area contributed by atoms with Gasteiger partial charge < -0.3 is 0 Å². The van der Waals surface area contributed by atoms with Gasteiger partial charge in [-0.3, -0.25) is 4.98 Å². The van der Waals surface area contributed by atoms with Gasteiger partial charge in [-0.1, -0.05) is 23.5 Å². The van der Waals surface area contributed by atoms with E-state index in [0.717, 1.165) is 37.4 Å². The van der Waals surface area contributed by atoms with Gasteiger partial charge in [0.25, 0.3) is 5.82 Å². The van der Waals surface area contributed by atoms with Crippen LogP contribution >= 0.6 is 11.3 Å². The zero-order valence-electron chi connectivity index (χ0n) is 13.5. The molecule has 0 amide bonds. The Bertz CT molecular complexity index is 1090. The minimum absolute atomic E-state index is 0.665. The standard InChI is InChI=1S/C16H12N3S/c1-18-15-11-6-7-17-8-10(11)9-19(15)14-12-4-2-3-5-13(12)20-16(14)18/h2-8H,9H2,1H3/q+1/i1D3. The molecule has 0 unspecified atom stereocenters. The van der Waals surface area contributed by atoms with E-state index in [2.05, 4.69) is 15.6 Å². The van der Waals surface area contributed by atoms with E-state index in [1.807, 2.05) is 30.5 Å². The minimum Gasteiger partial charge on any atom is -0.264 e. The maximum Gasteiger partial charge on any atom is 0.291 e. The van der Waals surface area contributed by atoms with Crippen LogP contribution in [0, 0.1) is 0 Å². The summed E-state index contributed by atoms with van der Waals surface area (Å²) in [5.41, 5.74) is 3.04. The van der Waals surface area contributed by atoms with Crippen LogP contribution in [-0.4, -0.2) is 9.55 Å². The van der Waals surface area contributed by atoms with Gasteiger partial charge in [-0.2, -0.15) is 0 Å².